The van der Waals surface area contributed by atoms with E-state index in [0.29, 0.717) is 5.69 Å². The summed E-state index contributed by atoms with van der Waals surface area (Å²) in [5.74, 6) is 1.97. The highest BCUT2D eigenvalue weighted by atomic mass is 32.2. The van der Waals surface area contributed by atoms with Crippen LogP contribution < -0.4 is 0 Å². The van der Waals surface area contributed by atoms with E-state index in [1.165, 1.54) is 5.69 Å². The third-order valence-electron chi connectivity index (χ3n) is 2.06. The van der Waals surface area contributed by atoms with Crippen LogP contribution in [0.25, 0.3) is 0 Å². The number of thioether (sulfide) groups is 1. The van der Waals surface area contributed by atoms with E-state index >= 15 is 0 Å². The first-order chi connectivity index (χ1) is 5.86. The number of hydrogen-bond donors (Lipinski definition) is 0. The van der Waals surface area contributed by atoms with E-state index in [0.717, 1.165) is 23.6 Å². The van der Waals surface area contributed by atoms with Crippen molar-refractivity contribution in [2.75, 3.05) is 0 Å². The fraction of sp³-hybridized carbons (Fsp3) is 0.500. The van der Waals surface area contributed by atoms with Gasteiger partial charge >= 0.3 is 0 Å². The monoisotopic (exact) mass is 179 g/mol. The lowest BCUT2D eigenvalue weighted by atomic mass is 10.2. The second-order valence-corrected chi connectivity index (χ2v) is 3.68. The van der Waals surface area contributed by atoms with Gasteiger partial charge in [-0.25, -0.2) is 0 Å². The quantitative estimate of drug-likeness (QED) is 0.656. The van der Waals surface area contributed by atoms with Crippen LogP contribution in [0.3, 0.4) is 0 Å². The molecular weight excluding hydrogens is 170 g/mol. The molecule has 0 unspecified atom stereocenters. The van der Waals surface area contributed by atoms with E-state index in [1.807, 2.05) is 16.4 Å². The molecule has 0 saturated heterocycles. The zero-order chi connectivity index (χ0) is 8.55. The van der Waals surface area contributed by atoms with Crippen LogP contribution in [-0.2, 0) is 18.1 Å². The van der Waals surface area contributed by atoms with Gasteiger partial charge in [0.2, 0.25) is 0 Å². The molecule has 2 rings (SSSR count). The summed E-state index contributed by atoms with van der Waals surface area (Å²) in [5.41, 5.74) is 3.03. The molecule has 0 radical (unpaired) electrons. The molecule has 0 amide bonds. The fourth-order valence-corrected chi connectivity index (χ4v) is 2.57. The number of nitrogens with zero attached hydrogens (tertiary/aromatic N) is 3. The normalized spacial score (nSPS) is 14.3. The van der Waals surface area contributed by atoms with Gasteiger partial charge in [-0.2, -0.15) is 22.1 Å². The fourth-order valence-electron chi connectivity index (χ4n) is 1.45. The van der Waals surface area contributed by atoms with E-state index in [9.17, 15) is 0 Å². The van der Waals surface area contributed by atoms with Crippen molar-refractivity contribution in [2.24, 2.45) is 0 Å². The average Bonchev–Trinajstić information content (AvgIpc) is 2.63. The largest absolute Gasteiger partial charge is 0.267 e. The van der Waals surface area contributed by atoms with Gasteiger partial charge in [-0.1, -0.05) is 0 Å². The molecule has 0 aliphatic carbocycles. The summed E-state index contributed by atoms with van der Waals surface area (Å²) in [7, 11) is 0. The van der Waals surface area contributed by atoms with Crippen LogP contribution in [0.2, 0.25) is 0 Å². The van der Waals surface area contributed by atoms with Crippen LogP contribution in [0.15, 0.2) is 0 Å². The SMILES string of the molecule is CCn1nc(C#N)c2c1CSC2. The molecule has 4 heteroatoms. The Balaban J connectivity index is 2.56. The minimum Gasteiger partial charge on any atom is -0.267 e. The van der Waals surface area contributed by atoms with Crippen LogP contribution in [-0.4, -0.2) is 9.78 Å². The number of rotatable bonds is 1. The van der Waals surface area contributed by atoms with E-state index in [2.05, 4.69) is 18.1 Å². The van der Waals surface area contributed by atoms with Gasteiger partial charge in [0.15, 0.2) is 5.69 Å². The maximum atomic E-state index is 8.78. The molecule has 0 saturated carbocycles. The van der Waals surface area contributed by atoms with Gasteiger partial charge in [-0.3, -0.25) is 4.68 Å². The lowest BCUT2D eigenvalue weighted by molar-refractivity contribution is 0.635. The molecule has 2 heterocycles. The summed E-state index contributed by atoms with van der Waals surface area (Å²) in [6.07, 6.45) is 0. The number of aryl methyl sites for hydroxylation is 1. The first-order valence-corrected chi connectivity index (χ1v) is 5.08. The highest BCUT2D eigenvalue weighted by Gasteiger charge is 2.21. The summed E-state index contributed by atoms with van der Waals surface area (Å²) < 4.78 is 1.94. The number of aromatic nitrogens is 2. The van der Waals surface area contributed by atoms with Gasteiger partial charge in [0, 0.05) is 23.6 Å². The Morgan fingerprint density at radius 2 is 2.50 bits per heavy atom. The lowest BCUT2D eigenvalue weighted by Crippen LogP contribution is -2.00. The molecule has 62 valence electrons. The molecule has 1 aliphatic rings. The van der Waals surface area contributed by atoms with Gasteiger partial charge in [-0.15, -0.1) is 0 Å². The molecule has 0 aromatic carbocycles. The smallest absolute Gasteiger partial charge is 0.166 e. The molecule has 12 heavy (non-hydrogen) atoms. The van der Waals surface area contributed by atoms with E-state index in [1.54, 1.807) is 0 Å². The van der Waals surface area contributed by atoms with Crippen LogP contribution >= 0.6 is 11.8 Å². The van der Waals surface area contributed by atoms with Crippen LogP contribution in [0.5, 0.6) is 0 Å². The average molecular weight is 179 g/mol. The third-order valence-corrected chi connectivity index (χ3v) is 3.03. The zero-order valence-electron chi connectivity index (χ0n) is 6.87. The van der Waals surface area contributed by atoms with Crippen molar-refractivity contribution in [3.63, 3.8) is 0 Å². The van der Waals surface area contributed by atoms with Crippen molar-refractivity contribution < 1.29 is 0 Å². The van der Waals surface area contributed by atoms with Crippen molar-refractivity contribution in [3.05, 3.63) is 17.0 Å². The molecule has 0 spiro atoms. The minimum atomic E-state index is 0.622. The summed E-state index contributed by atoms with van der Waals surface area (Å²) in [5, 5.41) is 13.0. The Hall–Kier alpha value is -0.950. The summed E-state index contributed by atoms with van der Waals surface area (Å²) in [6.45, 7) is 2.92. The van der Waals surface area contributed by atoms with E-state index < -0.39 is 0 Å². The van der Waals surface area contributed by atoms with Gasteiger partial charge in [-0.05, 0) is 6.92 Å². The van der Waals surface area contributed by atoms with E-state index in [-0.39, 0.29) is 0 Å². The van der Waals surface area contributed by atoms with Crippen molar-refractivity contribution in [1.29, 1.82) is 5.26 Å². The maximum absolute atomic E-state index is 8.78. The topological polar surface area (TPSA) is 41.6 Å². The Bertz CT molecular complexity index is 348. The summed E-state index contributed by atoms with van der Waals surface area (Å²) in [4.78, 5) is 0. The second kappa shape index (κ2) is 2.83. The summed E-state index contributed by atoms with van der Waals surface area (Å²) in [6, 6.07) is 2.14. The zero-order valence-corrected chi connectivity index (χ0v) is 7.69. The number of hydrogen-bond acceptors (Lipinski definition) is 3. The molecule has 1 aromatic heterocycles. The predicted octanol–water partition coefficient (Wildman–Crippen LogP) is 1.52. The molecule has 0 bridgehead atoms. The minimum absolute atomic E-state index is 0.622. The maximum Gasteiger partial charge on any atom is 0.166 e. The number of fused-ring (bicyclic) bond motifs is 1. The Morgan fingerprint density at radius 3 is 3.17 bits per heavy atom. The molecule has 0 fully saturated rings. The van der Waals surface area contributed by atoms with Crippen LogP contribution in [0.4, 0.5) is 0 Å². The second-order valence-electron chi connectivity index (χ2n) is 2.69. The van der Waals surface area contributed by atoms with Crippen molar-refractivity contribution in [3.8, 4) is 6.07 Å². The van der Waals surface area contributed by atoms with Crippen molar-refractivity contribution in [2.45, 2.75) is 25.0 Å². The lowest BCUT2D eigenvalue weighted by Gasteiger charge is -1.97. The molecule has 1 aromatic rings. The molecule has 0 atom stereocenters. The first kappa shape index (κ1) is 7.69. The van der Waals surface area contributed by atoms with Gasteiger partial charge in [0.05, 0.1) is 5.69 Å². The molecule has 0 N–H and O–H groups in total. The van der Waals surface area contributed by atoms with Gasteiger partial charge < -0.3 is 0 Å². The van der Waals surface area contributed by atoms with Crippen LogP contribution in [0.1, 0.15) is 23.9 Å². The first-order valence-electron chi connectivity index (χ1n) is 3.93. The highest BCUT2D eigenvalue weighted by Crippen LogP contribution is 2.31. The third kappa shape index (κ3) is 0.935. The molecule has 3 nitrogen and oxygen atoms in total. The standard InChI is InChI=1S/C8H9N3S/c1-2-11-8-5-12-4-6(8)7(3-9)10-11/h2,4-5H2,1H3. The Kier molecular flexibility index (Phi) is 1.81. The van der Waals surface area contributed by atoms with Gasteiger partial charge in [0.1, 0.15) is 6.07 Å². The summed E-state index contributed by atoms with van der Waals surface area (Å²) >= 11 is 1.86. The number of nitriles is 1. The van der Waals surface area contributed by atoms with Gasteiger partial charge in [0.25, 0.3) is 0 Å². The van der Waals surface area contributed by atoms with Crippen molar-refractivity contribution in [1.82, 2.24) is 9.78 Å². The molecular formula is C8H9N3S. The van der Waals surface area contributed by atoms with Crippen LogP contribution in [0, 0.1) is 11.3 Å². The Morgan fingerprint density at radius 1 is 1.67 bits per heavy atom. The highest BCUT2D eigenvalue weighted by molar-refractivity contribution is 7.98. The predicted molar refractivity (Wildman–Crippen MR) is 47.6 cm³/mol. The van der Waals surface area contributed by atoms with E-state index in [4.69, 9.17) is 5.26 Å². The Labute approximate surface area is 75.4 Å². The molecule has 1 aliphatic heterocycles. The van der Waals surface area contributed by atoms with Crippen molar-refractivity contribution >= 4 is 11.8 Å².